The maximum Gasteiger partial charge on any atom is 0.148 e. The standard InChI is InChI=1S/C45H32N3O.Pt/c1-45(2)38-21-11-9-18-33(38)36-26-31(39-28-30(24-25-46-39)29-14-5-3-6-15-29)27-37(42(36)45)34-20-13-22-40-43(34)47-44(35-19-10-12-23-41(35)49)48(40)32-16-7-4-8-17-32;/h3-26,28,49H,1-2H3;/q-1;. The van der Waals surface area contributed by atoms with Crippen molar-refractivity contribution in [1.82, 2.24) is 14.5 Å². The minimum Gasteiger partial charge on any atom is -0.507 e. The van der Waals surface area contributed by atoms with Crippen LogP contribution in [0.2, 0.25) is 0 Å². The van der Waals surface area contributed by atoms with Crippen LogP contribution in [0.15, 0.2) is 152 Å². The fourth-order valence-corrected chi connectivity index (χ4v) is 7.55. The number of imidazole rings is 1. The van der Waals surface area contributed by atoms with Crippen molar-refractivity contribution in [3.05, 3.63) is 169 Å². The summed E-state index contributed by atoms with van der Waals surface area (Å²) >= 11 is 0. The van der Waals surface area contributed by atoms with Crippen LogP contribution in [0.5, 0.6) is 5.75 Å². The van der Waals surface area contributed by atoms with Crippen molar-refractivity contribution in [3.8, 4) is 67.5 Å². The molecule has 2 heterocycles. The molecular weight excluding hydrogens is 794 g/mol. The Labute approximate surface area is 306 Å². The number of aromatic hydroxyl groups is 1. The van der Waals surface area contributed by atoms with Crippen molar-refractivity contribution in [3.63, 3.8) is 0 Å². The summed E-state index contributed by atoms with van der Waals surface area (Å²) in [4.78, 5) is 10.2. The van der Waals surface area contributed by atoms with Gasteiger partial charge in [0, 0.05) is 38.6 Å². The van der Waals surface area contributed by atoms with Crippen LogP contribution in [0, 0.1) is 6.07 Å². The summed E-state index contributed by atoms with van der Waals surface area (Å²) < 4.78 is 2.14. The molecule has 0 fully saturated rings. The first-order valence-electron chi connectivity index (χ1n) is 16.6. The monoisotopic (exact) mass is 825 g/mol. The van der Waals surface area contributed by atoms with E-state index in [0.717, 1.165) is 50.2 Å². The van der Waals surface area contributed by atoms with E-state index in [1.807, 2.05) is 48.7 Å². The van der Waals surface area contributed by atoms with Crippen molar-refractivity contribution in [2.45, 2.75) is 19.3 Å². The number of phenols is 1. The Hall–Kier alpha value is -5.57. The summed E-state index contributed by atoms with van der Waals surface area (Å²) in [5.74, 6) is 0.867. The number of phenolic OH excluding ortho intramolecular Hbond substituents is 1. The van der Waals surface area contributed by atoms with E-state index in [4.69, 9.17) is 9.97 Å². The molecule has 0 spiro atoms. The van der Waals surface area contributed by atoms with E-state index < -0.39 is 0 Å². The number of aromatic nitrogens is 3. The zero-order chi connectivity index (χ0) is 33.1. The fourth-order valence-electron chi connectivity index (χ4n) is 7.55. The summed E-state index contributed by atoms with van der Waals surface area (Å²) in [6.07, 6.45) is 1.89. The third kappa shape index (κ3) is 5.02. The Morgan fingerprint density at radius 2 is 1.32 bits per heavy atom. The third-order valence-electron chi connectivity index (χ3n) is 9.84. The van der Waals surface area contributed by atoms with Crippen LogP contribution in [-0.2, 0) is 26.5 Å². The van der Waals surface area contributed by atoms with Crippen molar-refractivity contribution in [1.29, 1.82) is 0 Å². The molecule has 0 unspecified atom stereocenters. The summed E-state index contributed by atoms with van der Waals surface area (Å²) in [6, 6.07) is 53.5. The quantitative estimate of drug-likeness (QED) is 0.176. The van der Waals surface area contributed by atoms with Gasteiger partial charge in [0.2, 0.25) is 0 Å². The second kappa shape index (κ2) is 12.4. The zero-order valence-electron chi connectivity index (χ0n) is 27.5. The minimum absolute atomic E-state index is 0. The average molecular weight is 826 g/mol. The third-order valence-corrected chi connectivity index (χ3v) is 9.84. The average Bonchev–Trinajstić information content (AvgIpc) is 3.65. The summed E-state index contributed by atoms with van der Waals surface area (Å²) in [5.41, 5.74) is 14.1. The molecule has 9 rings (SSSR count). The first-order valence-corrected chi connectivity index (χ1v) is 16.6. The molecule has 50 heavy (non-hydrogen) atoms. The Bertz CT molecular complexity index is 2540. The fraction of sp³-hybridized carbons (Fsp3) is 0.0667. The topological polar surface area (TPSA) is 50.9 Å². The number of pyridine rings is 1. The summed E-state index contributed by atoms with van der Waals surface area (Å²) in [6.45, 7) is 4.61. The van der Waals surface area contributed by atoms with E-state index >= 15 is 0 Å². The van der Waals surface area contributed by atoms with Gasteiger partial charge >= 0.3 is 0 Å². The predicted octanol–water partition coefficient (Wildman–Crippen LogP) is 10.9. The van der Waals surface area contributed by atoms with Crippen LogP contribution >= 0.6 is 0 Å². The van der Waals surface area contributed by atoms with Gasteiger partial charge in [0.15, 0.2) is 0 Å². The van der Waals surface area contributed by atoms with Gasteiger partial charge in [-0.25, -0.2) is 4.98 Å². The molecule has 8 aromatic rings. The van der Waals surface area contributed by atoms with Gasteiger partial charge in [0.1, 0.15) is 11.6 Å². The van der Waals surface area contributed by atoms with Crippen LogP contribution < -0.4 is 0 Å². The number of nitrogens with zero attached hydrogens (tertiary/aromatic N) is 3. The number of para-hydroxylation sites is 3. The van der Waals surface area contributed by atoms with E-state index in [2.05, 4.69) is 122 Å². The van der Waals surface area contributed by atoms with Crippen LogP contribution in [0.4, 0.5) is 0 Å². The van der Waals surface area contributed by atoms with Crippen LogP contribution in [0.25, 0.3) is 72.7 Å². The molecule has 0 saturated carbocycles. The van der Waals surface area contributed by atoms with Crippen molar-refractivity contribution in [2.24, 2.45) is 0 Å². The van der Waals surface area contributed by atoms with Gasteiger partial charge < -0.3 is 5.11 Å². The molecule has 6 aromatic carbocycles. The molecule has 0 aliphatic heterocycles. The SMILES string of the molecule is CC1(C)c2ccccc2-c2cc(-c3cc(-c4ccccc4)ccn3)[c-]c(-c3cccc4c3nc(-c3ccccc3O)n4-c3ccccc3)c21.[Pt]. The zero-order valence-corrected chi connectivity index (χ0v) is 29.8. The van der Waals surface area contributed by atoms with Crippen LogP contribution in [0.1, 0.15) is 25.0 Å². The van der Waals surface area contributed by atoms with E-state index in [1.165, 1.54) is 22.3 Å². The van der Waals surface area contributed by atoms with E-state index in [1.54, 1.807) is 6.07 Å². The normalized spacial score (nSPS) is 12.7. The minimum atomic E-state index is -0.277. The maximum absolute atomic E-state index is 11.0. The number of fused-ring (bicyclic) bond motifs is 4. The number of benzene rings is 6. The van der Waals surface area contributed by atoms with Crippen molar-refractivity contribution in [2.75, 3.05) is 0 Å². The molecule has 0 bridgehead atoms. The molecule has 0 amide bonds. The Balaban J connectivity index is 0.00000361. The molecule has 2 aromatic heterocycles. The van der Waals surface area contributed by atoms with Crippen LogP contribution in [-0.4, -0.2) is 19.6 Å². The molecule has 0 atom stereocenters. The van der Waals surface area contributed by atoms with Gasteiger partial charge in [-0.15, -0.1) is 17.7 Å². The van der Waals surface area contributed by atoms with E-state index in [9.17, 15) is 5.11 Å². The van der Waals surface area contributed by atoms with E-state index in [0.29, 0.717) is 11.4 Å². The van der Waals surface area contributed by atoms with Crippen LogP contribution in [0.3, 0.4) is 0 Å². The smallest absolute Gasteiger partial charge is 0.148 e. The van der Waals surface area contributed by atoms with Gasteiger partial charge in [0.25, 0.3) is 0 Å². The van der Waals surface area contributed by atoms with E-state index in [-0.39, 0.29) is 32.2 Å². The Kier molecular flexibility index (Phi) is 7.85. The van der Waals surface area contributed by atoms with Crippen molar-refractivity contribution < 1.29 is 26.2 Å². The Morgan fingerprint density at radius 3 is 2.10 bits per heavy atom. The second-order valence-corrected chi connectivity index (χ2v) is 13.1. The molecule has 1 aliphatic rings. The molecule has 5 heteroatoms. The van der Waals surface area contributed by atoms with Crippen molar-refractivity contribution >= 4 is 11.0 Å². The van der Waals surface area contributed by atoms with Gasteiger partial charge in [0.05, 0.1) is 16.6 Å². The molecular formula is C45H32N3OPt-. The molecule has 0 saturated heterocycles. The Morgan fingerprint density at radius 1 is 0.640 bits per heavy atom. The van der Waals surface area contributed by atoms with Gasteiger partial charge in [-0.05, 0) is 64.1 Å². The molecule has 1 N–H and O–H groups in total. The summed E-state index contributed by atoms with van der Waals surface area (Å²) in [7, 11) is 0. The number of hydrogen-bond donors (Lipinski definition) is 1. The summed E-state index contributed by atoms with van der Waals surface area (Å²) in [5, 5.41) is 11.0. The molecule has 244 valence electrons. The molecule has 4 nitrogen and oxygen atoms in total. The maximum atomic E-state index is 11.0. The first-order chi connectivity index (χ1) is 24.0. The largest absolute Gasteiger partial charge is 0.507 e. The number of hydrogen-bond acceptors (Lipinski definition) is 3. The number of rotatable bonds is 5. The van der Waals surface area contributed by atoms with Gasteiger partial charge in [-0.3, -0.25) is 9.55 Å². The first kappa shape index (κ1) is 31.7. The second-order valence-electron chi connectivity index (χ2n) is 13.1. The predicted molar refractivity (Wildman–Crippen MR) is 199 cm³/mol. The van der Waals surface area contributed by atoms with Gasteiger partial charge in [-0.2, -0.15) is 0 Å². The van der Waals surface area contributed by atoms with Gasteiger partial charge in [-0.1, -0.05) is 139 Å². The molecule has 0 radical (unpaired) electrons. The molecule has 1 aliphatic carbocycles.